The van der Waals surface area contributed by atoms with E-state index in [0.29, 0.717) is 12.0 Å². The van der Waals surface area contributed by atoms with Crippen molar-refractivity contribution in [1.29, 1.82) is 0 Å². The Bertz CT molecular complexity index is 637. The van der Waals surface area contributed by atoms with Gasteiger partial charge in [-0.3, -0.25) is 0 Å². The zero-order valence-corrected chi connectivity index (χ0v) is 12.4. The second-order valence-electron chi connectivity index (χ2n) is 6.17. The van der Waals surface area contributed by atoms with Crippen molar-refractivity contribution in [2.45, 2.75) is 31.9 Å². The van der Waals surface area contributed by atoms with Gasteiger partial charge in [-0.25, -0.2) is 0 Å². The van der Waals surface area contributed by atoms with E-state index in [1.54, 1.807) is 0 Å². The molecule has 2 aromatic carbocycles. The van der Waals surface area contributed by atoms with E-state index < -0.39 is 0 Å². The highest BCUT2D eigenvalue weighted by Crippen LogP contribution is 2.49. The van der Waals surface area contributed by atoms with Crippen molar-refractivity contribution in [3.63, 3.8) is 0 Å². The molecule has 0 spiro atoms. The van der Waals surface area contributed by atoms with E-state index >= 15 is 0 Å². The van der Waals surface area contributed by atoms with Crippen LogP contribution in [0.3, 0.4) is 0 Å². The van der Waals surface area contributed by atoms with Crippen LogP contribution in [0.1, 0.15) is 41.7 Å². The Kier molecular flexibility index (Phi) is 3.19. The average Bonchev–Trinajstić information content (AvgIpc) is 2.55. The van der Waals surface area contributed by atoms with Gasteiger partial charge in [-0.1, -0.05) is 48.5 Å². The van der Waals surface area contributed by atoms with Crippen LogP contribution in [0.25, 0.3) is 0 Å². The molecule has 0 aliphatic carbocycles. The number of fused-ring (bicyclic) bond motifs is 3. The van der Waals surface area contributed by atoms with E-state index in [9.17, 15) is 0 Å². The van der Waals surface area contributed by atoms with Crippen molar-refractivity contribution >= 4 is 5.69 Å². The molecule has 1 N–H and O–H groups in total. The lowest BCUT2D eigenvalue weighted by Crippen LogP contribution is -2.36. The molecule has 2 nitrogen and oxygen atoms in total. The maximum absolute atomic E-state index is 6.18. The van der Waals surface area contributed by atoms with E-state index in [1.807, 2.05) is 0 Å². The van der Waals surface area contributed by atoms with E-state index in [4.69, 9.17) is 4.74 Å². The highest BCUT2D eigenvalue weighted by Gasteiger charge is 2.39. The summed E-state index contributed by atoms with van der Waals surface area (Å²) in [6, 6.07) is 17.7. The number of hydrogen-bond donors (Lipinski definition) is 1. The van der Waals surface area contributed by atoms with Crippen molar-refractivity contribution < 1.29 is 4.74 Å². The summed E-state index contributed by atoms with van der Waals surface area (Å²) in [4.78, 5) is 0. The summed E-state index contributed by atoms with van der Waals surface area (Å²) in [5, 5.41) is 3.80. The molecule has 2 heteroatoms. The minimum Gasteiger partial charge on any atom is -0.377 e. The van der Waals surface area contributed by atoms with Crippen LogP contribution in [0.15, 0.2) is 48.5 Å². The minimum atomic E-state index is 0.236. The molecule has 0 radical (unpaired) electrons. The summed E-state index contributed by atoms with van der Waals surface area (Å²) in [6.45, 7) is 3.06. The third-order valence-corrected chi connectivity index (χ3v) is 4.87. The van der Waals surface area contributed by atoms with Gasteiger partial charge in [0.15, 0.2) is 0 Å². The van der Waals surface area contributed by atoms with Crippen LogP contribution in [0.5, 0.6) is 0 Å². The first-order chi connectivity index (χ1) is 10.3. The first kappa shape index (κ1) is 12.9. The summed E-state index contributed by atoms with van der Waals surface area (Å²) < 4.78 is 6.18. The summed E-state index contributed by atoms with van der Waals surface area (Å²) in [7, 11) is 0. The number of anilines is 1. The van der Waals surface area contributed by atoms with Gasteiger partial charge in [0, 0.05) is 23.8 Å². The number of rotatable bonds is 1. The standard InChI is InChI=1S/C19H21NO/c1-13-7-5-10-15-17(13)20-18(14-8-3-2-4-9-14)16-11-6-12-21-19(15)16/h2-5,7-10,16,18-20H,6,11-12H2,1H3/t16-,18-,19-/m1/s1. The monoisotopic (exact) mass is 279 g/mol. The Morgan fingerprint density at radius 3 is 2.76 bits per heavy atom. The summed E-state index contributed by atoms with van der Waals surface area (Å²) >= 11 is 0. The van der Waals surface area contributed by atoms with Crippen LogP contribution < -0.4 is 5.32 Å². The van der Waals surface area contributed by atoms with Gasteiger partial charge < -0.3 is 10.1 Å². The van der Waals surface area contributed by atoms with Crippen molar-refractivity contribution in [2.24, 2.45) is 5.92 Å². The molecule has 2 aromatic rings. The molecule has 0 bridgehead atoms. The Morgan fingerprint density at radius 2 is 1.90 bits per heavy atom. The lowest BCUT2D eigenvalue weighted by atomic mass is 9.77. The molecule has 2 aliphatic heterocycles. The van der Waals surface area contributed by atoms with Gasteiger partial charge in [0.2, 0.25) is 0 Å². The second-order valence-corrected chi connectivity index (χ2v) is 6.17. The Morgan fingerprint density at radius 1 is 1.05 bits per heavy atom. The average molecular weight is 279 g/mol. The van der Waals surface area contributed by atoms with Crippen molar-refractivity contribution in [3.8, 4) is 0 Å². The molecule has 3 atom stereocenters. The van der Waals surface area contributed by atoms with Gasteiger partial charge in [-0.2, -0.15) is 0 Å². The first-order valence-corrected chi connectivity index (χ1v) is 7.87. The Balaban J connectivity index is 1.81. The van der Waals surface area contributed by atoms with E-state index in [0.717, 1.165) is 13.0 Å². The first-order valence-electron chi connectivity index (χ1n) is 7.87. The Labute approximate surface area is 126 Å². The van der Waals surface area contributed by atoms with Gasteiger partial charge >= 0.3 is 0 Å². The molecule has 0 aromatic heterocycles. The number of hydrogen-bond acceptors (Lipinski definition) is 2. The van der Waals surface area contributed by atoms with Crippen molar-refractivity contribution in [2.75, 3.05) is 11.9 Å². The van der Waals surface area contributed by atoms with Crippen LogP contribution in [-0.2, 0) is 4.74 Å². The van der Waals surface area contributed by atoms with Gasteiger partial charge in [-0.15, -0.1) is 0 Å². The van der Waals surface area contributed by atoms with Gasteiger partial charge in [0.1, 0.15) is 0 Å². The molecule has 0 unspecified atom stereocenters. The molecule has 21 heavy (non-hydrogen) atoms. The summed E-state index contributed by atoms with van der Waals surface area (Å²) in [5.74, 6) is 0.524. The fourth-order valence-electron chi connectivity index (χ4n) is 3.84. The van der Waals surface area contributed by atoms with Crippen LogP contribution in [0, 0.1) is 12.8 Å². The SMILES string of the molecule is Cc1cccc2c1N[C@H](c1ccccc1)[C@H]1CCCO[C@H]21. The lowest BCUT2D eigenvalue weighted by molar-refractivity contribution is -0.0381. The van der Waals surface area contributed by atoms with Gasteiger partial charge in [-0.05, 0) is 30.9 Å². The molecule has 2 aliphatic rings. The predicted octanol–water partition coefficient (Wildman–Crippen LogP) is 4.63. The highest BCUT2D eigenvalue weighted by atomic mass is 16.5. The van der Waals surface area contributed by atoms with Crippen LogP contribution in [0.4, 0.5) is 5.69 Å². The molecular weight excluding hydrogens is 258 g/mol. The largest absolute Gasteiger partial charge is 0.377 e. The summed E-state index contributed by atoms with van der Waals surface area (Å²) in [5.41, 5.74) is 5.29. The zero-order chi connectivity index (χ0) is 14.2. The molecular formula is C19H21NO. The van der Waals surface area contributed by atoms with Crippen LogP contribution >= 0.6 is 0 Å². The zero-order valence-electron chi connectivity index (χ0n) is 12.4. The number of aryl methyl sites for hydroxylation is 1. The number of nitrogens with one attached hydrogen (secondary N) is 1. The molecule has 108 valence electrons. The predicted molar refractivity (Wildman–Crippen MR) is 85.4 cm³/mol. The van der Waals surface area contributed by atoms with E-state index in [-0.39, 0.29) is 6.10 Å². The number of para-hydroxylation sites is 1. The molecule has 1 fully saturated rings. The van der Waals surface area contributed by atoms with E-state index in [1.165, 1.54) is 28.8 Å². The van der Waals surface area contributed by atoms with E-state index in [2.05, 4.69) is 60.8 Å². The molecule has 4 rings (SSSR count). The fraction of sp³-hybridized carbons (Fsp3) is 0.368. The quantitative estimate of drug-likeness (QED) is 0.821. The normalized spacial score (nSPS) is 27.4. The third-order valence-electron chi connectivity index (χ3n) is 4.87. The van der Waals surface area contributed by atoms with Gasteiger partial charge in [0.25, 0.3) is 0 Å². The van der Waals surface area contributed by atoms with Crippen LogP contribution in [-0.4, -0.2) is 6.61 Å². The number of ether oxygens (including phenoxy) is 1. The maximum Gasteiger partial charge on any atom is 0.0895 e. The molecule has 0 amide bonds. The van der Waals surface area contributed by atoms with Crippen molar-refractivity contribution in [1.82, 2.24) is 0 Å². The molecule has 1 saturated heterocycles. The highest BCUT2D eigenvalue weighted by molar-refractivity contribution is 5.61. The lowest BCUT2D eigenvalue weighted by Gasteiger charge is -2.44. The Hall–Kier alpha value is -1.80. The summed E-state index contributed by atoms with van der Waals surface area (Å²) in [6.07, 6.45) is 2.62. The van der Waals surface area contributed by atoms with Crippen LogP contribution in [0.2, 0.25) is 0 Å². The number of benzene rings is 2. The third kappa shape index (κ3) is 2.14. The fourth-order valence-corrected chi connectivity index (χ4v) is 3.84. The smallest absolute Gasteiger partial charge is 0.0895 e. The minimum absolute atomic E-state index is 0.236. The molecule has 2 heterocycles. The van der Waals surface area contributed by atoms with Crippen molar-refractivity contribution in [3.05, 3.63) is 65.2 Å². The maximum atomic E-state index is 6.18. The topological polar surface area (TPSA) is 21.3 Å². The second kappa shape index (κ2) is 5.19. The molecule has 0 saturated carbocycles. The van der Waals surface area contributed by atoms with Gasteiger partial charge in [0.05, 0.1) is 12.1 Å².